The molecule has 0 aliphatic carbocycles. The van der Waals surface area contributed by atoms with Gasteiger partial charge in [0.05, 0.1) is 23.5 Å². The number of nitrogens with zero attached hydrogens (tertiary/aromatic N) is 2. The van der Waals surface area contributed by atoms with E-state index in [4.69, 9.17) is 10.00 Å². The Morgan fingerprint density at radius 1 is 1.24 bits per heavy atom. The number of nitriles is 1. The number of benzene rings is 2. The molecule has 2 rings (SSSR count). The van der Waals surface area contributed by atoms with Crippen LogP contribution in [0.3, 0.4) is 0 Å². The van der Waals surface area contributed by atoms with Crippen LogP contribution < -0.4 is 10.1 Å². The Bertz CT molecular complexity index is 690. The van der Waals surface area contributed by atoms with Gasteiger partial charge in [0.2, 0.25) is 0 Å². The van der Waals surface area contributed by atoms with Crippen molar-refractivity contribution in [3.05, 3.63) is 58.1 Å². The minimum Gasteiger partial charge on any atom is -0.457 e. The Hall–Kier alpha value is -3.07. The number of anilines is 1. The lowest BCUT2D eigenvalue weighted by molar-refractivity contribution is -0.384. The average Bonchev–Trinajstić information content (AvgIpc) is 2.49. The molecule has 0 saturated heterocycles. The van der Waals surface area contributed by atoms with Gasteiger partial charge >= 0.3 is 0 Å². The Kier molecular flexibility index (Phi) is 4.36. The van der Waals surface area contributed by atoms with Crippen LogP contribution in [0.4, 0.5) is 11.4 Å². The number of non-ortho nitro benzene ring substituents is 1. The summed E-state index contributed by atoms with van der Waals surface area (Å²) in [6, 6.07) is 13.6. The highest BCUT2D eigenvalue weighted by atomic mass is 16.6. The maximum atomic E-state index is 10.9. The summed E-state index contributed by atoms with van der Waals surface area (Å²) >= 11 is 0. The molecule has 6 heteroatoms. The van der Waals surface area contributed by atoms with Crippen molar-refractivity contribution >= 4 is 11.4 Å². The monoisotopic (exact) mass is 283 g/mol. The van der Waals surface area contributed by atoms with Crippen molar-refractivity contribution < 1.29 is 9.66 Å². The van der Waals surface area contributed by atoms with Crippen molar-refractivity contribution in [2.24, 2.45) is 0 Å². The van der Waals surface area contributed by atoms with E-state index in [0.29, 0.717) is 23.6 Å². The fourth-order valence-corrected chi connectivity index (χ4v) is 1.79. The zero-order valence-electron chi connectivity index (χ0n) is 11.4. The maximum Gasteiger partial charge on any atom is 0.275 e. The van der Waals surface area contributed by atoms with Crippen LogP contribution >= 0.6 is 0 Å². The van der Waals surface area contributed by atoms with Gasteiger partial charge in [0.25, 0.3) is 5.69 Å². The lowest BCUT2D eigenvalue weighted by Gasteiger charge is -2.08. The van der Waals surface area contributed by atoms with Gasteiger partial charge < -0.3 is 10.1 Å². The van der Waals surface area contributed by atoms with Crippen molar-refractivity contribution in [1.82, 2.24) is 0 Å². The van der Waals surface area contributed by atoms with Crippen LogP contribution in [0.15, 0.2) is 42.5 Å². The van der Waals surface area contributed by atoms with Crippen LogP contribution in [-0.4, -0.2) is 12.0 Å². The zero-order valence-corrected chi connectivity index (χ0v) is 11.4. The molecule has 0 saturated carbocycles. The van der Waals surface area contributed by atoms with Gasteiger partial charge in [-0.15, -0.1) is 0 Å². The summed E-state index contributed by atoms with van der Waals surface area (Å²) in [5, 5.41) is 22.3. The van der Waals surface area contributed by atoms with Crippen molar-refractivity contribution in [2.45, 2.75) is 6.42 Å². The first kappa shape index (κ1) is 14.3. The molecule has 0 atom stereocenters. The average molecular weight is 283 g/mol. The fourth-order valence-electron chi connectivity index (χ4n) is 1.79. The van der Waals surface area contributed by atoms with Crippen LogP contribution in [0.25, 0.3) is 0 Å². The molecule has 0 radical (unpaired) electrons. The second kappa shape index (κ2) is 6.39. The van der Waals surface area contributed by atoms with E-state index in [1.54, 1.807) is 37.4 Å². The molecule has 0 aliphatic rings. The lowest BCUT2D eigenvalue weighted by Crippen LogP contribution is -1.94. The van der Waals surface area contributed by atoms with Crippen molar-refractivity contribution in [2.75, 3.05) is 12.4 Å². The summed E-state index contributed by atoms with van der Waals surface area (Å²) in [5.41, 5.74) is 1.44. The summed E-state index contributed by atoms with van der Waals surface area (Å²) in [4.78, 5) is 10.4. The molecular weight excluding hydrogens is 270 g/mol. The number of nitro groups is 1. The van der Waals surface area contributed by atoms with Crippen molar-refractivity contribution in [3.63, 3.8) is 0 Å². The molecule has 0 heterocycles. The minimum atomic E-state index is -0.469. The Labute approximate surface area is 121 Å². The molecule has 1 N–H and O–H groups in total. The quantitative estimate of drug-likeness (QED) is 0.670. The maximum absolute atomic E-state index is 10.9. The summed E-state index contributed by atoms with van der Waals surface area (Å²) in [7, 11) is 1.68. The molecule has 0 bridgehead atoms. The first-order chi connectivity index (χ1) is 10.1. The number of rotatable bonds is 5. The molecular formula is C15H13N3O3. The van der Waals surface area contributed by atoms with E-state index < -0.39 is 4.92 Å². The largest absolute Gasteiger partial charge is 0.457 e. The van der Waals surface area contributed by atoms with E-state index in [0.717, 1.165) is 5.56 Å². The first-order valence-corrected chi connectivity index (χ1v) is 6.23. The summed E-state index contributed by atoms with van der Waals surface area (Å²) in [6.45, 7) is 0. The van der Waals surface area contributed by atoms with E-state index in [2.05, 4.69) is 11.4 Å². The highest BCUT2D eigenvalue weighted by Gasteiger charge is 2.10. The topological polar surface area (TPSA) is 88.2 Å². The van der Waals surface area contributed by atoms with E-state index in [9.17, 15) is 10.1 Å². The summed E-state index contributed by atoms with van der Waals surface area (Å²) in [6.07, 6.45) is 0.334. The third-order valence-electron chi connectivity index (χ3n) is 2.83. The van der Waals surface area contributed by atoms with Gasteiger partial charge in [0, 0.05) is 24.9 Å². The first-order valence-electron chi connectivity index (χ1n) is 6.23. The normalized spacial score (nSPS) is 9.71. The zero-order chi connectivity index (χ0) is 15.2. The smallest absolute Gasteiger partial charge is 0.275 e. The molecule has 2 aromatic rings. The van der Waals surface area contributed by atoms with Crippen LogP contribution in [0, 0.1) is 21.4 Å². The van der Waals surface area contributed by atoms with Gasteiger partial charge in [0.1, 0.15) is 11.5 Å². The predicted octanol–water partition coefficient (Wildman–Crippen LogP) is 3.49. The number of nitrogens with one attached hydrogen (secondary N) is 1. The van der Waals surface area contributed by atoms with E-state index in [1.807, 2.05) is 0 Å². The van der Waals surface area contributed by atoms with Crippen LogP contribution in [-0.2, 0) is 6.42 Å². The number of hydrogen-bond acceptors (Lipinski definition) is 5. The van der Waals surface area contributed by atoms with Crippen LogP contribution in [0.2, 0.25) is 0 Å². The molecule has 106 valence electrons. The Morgan fingerprint density at radius 3 is 2.52 bits per heavy atom. The van der Waals surface area contributed by atoms with Crippen LogP contribution in [0.1, 0.15) is 5.56 Å². The third-order valence-corrected chi connectivity index (χ3v) is 2.83. The predicted molar refractivity (Wildman–Crippen MR) is 78.5 cm³/mol. The van der Waals surface area contributed by atoms with E-state index >= 15 is 0 Å². The lowest BCUT2D eigenvalue weighted by atomic mass is 10.2. The molecule has 0 fully saturated rings. The highest BCUT2D eigenvalue weighted by molar-refractivity contribution is 5.56. The second-order valence-corrected chi connectivity index (χ2v) is 4.30. The number of ether oxygens (including phenoxy) is 1. The van der Waals surface area contributed by atoms with Gasteiger partial charge in [0.15, 0.2) is 0 Å². The molecule has 6 nitrogen and oxygen atoms in total. The molecule has 0 amide bonds. The molecule has 0 aliphatic heterocycles. The number of hydrogen-bond donors (Lipinski definition) is 1. The molecule has 0 aromatic heterocycles. The molecule has 0 spiro atoms. The minimum absolute atomic E-state index is 0.0436. The van der Waals surface area contributed by atoms with Gasteiger partial charge in [-0.3, -0.25) is 10.1 Å². The van der Waals surface area contributed by atoms with Gasteiger partial charge in [-0.25, -0.2) is 0 Å². The Balaban J connectivity index is 2.24. The summed E-state index contributed by atoms with van der Waals surface area (Å²) < 4.78 is 5.62. The van der Waals surface area contributed by atoms with Crippen molar-refractivity contribution in [3.8, 4) is 17.6 Å². The SMILES string of the molecule is CNc1cc(Oc2ccc(CC#N)cc2)cc([N+](=O)[O-])c1. The van der Waals surface area contributed by atoms with Gasteiger partial charge in [-0.05, 0) is 17.7 Å². The standard InChI is InChI=1S/C15H13N3O3/c1-17-12-8-13(18(19)20)10-15(9-12)21-14-4-2-11(3-5-14)6-7-16/h2-5,8-10,17H,6H2,1H3. The molecule has 21 heavy (non-hydrogen) atoms. The third kappa shape index (κ3) is 3.70. The second-order valence-electron chi connectivity index (χ2n) is 4.30. The summed E-state index contributed by atoms with van der Waals surface area (Å²) in [5.74, 6) is 0.931. The number of nitro benzene ring substituents is 1. The molecule has 0 unspecified atom stereocenters. The van der Waals surface area contributed by atoms with Gasteiger partial charge in [-0.1, -0.05) is 12.1 Å². The Morgan fingerprint density at radius 2 is 1.95 bits per heavy atom. The van der Waals surface area contributed by atoms with Crippen molar-refractivity contribution in [1.29, 1.82) is 5.26 Å². The van der Waals surface area contributed by atoms with Gasteiger partial charge in [-0.2, -0.15) is 5.26 Å². The van der Waals surface area contributed by atoms with E-state index in [1.165, 1.54) is 12.1 Å². The van der Waals surface area contributed by atoms with E-state index in [-0.39, 0.29) is 5.69 Å². The fraction of sp³-hybridized carbons (Fsp3) is 0.133. The molecule has 2 aromatic carbocycles. The highest BCUT2D eigenvalue weighted by Crippen LogP contribution is 2.29. The van der Waals surface area contributed by atoms with Crippen LogP contribution in [0.5, 0.6) is 11.5 Å².